The molecule has 0 spiro atoms. The molecular weight excluding hydrogens is 344 g/mol. The van der Waals surface area contributed by atoms with E-state index < -0.39 is 6.10 Å². The Kier molecular flexibility index (Phi) is 8.57. The maximum absolute atomic E-state index is 12.0. The summed E-state index contributed by atoms with van der Waals surface area (Å²) >= 11 is 1.88. The molecule has 1 aliphatic heterocycles. The maximum Gasteiger partial charge on any atom is 0.221 e. The number of rotatable bonds is 5. The van der Waals surface area contributed by atoms with Gasteiger partial charge in [0.15, 0.2) is 0 Å². The van der Waals surface area contributed by atoms with E-state index in [9.17, 15) is 9.90 Å². The Balaban J connectivity index is 0.00000288. The third-order valence-corrected chi connectivity index (χ3v) is 5.22. The van der Waals surface area contributed by atoms with E-state index in [0.717, 1.165) is 23.6 Å². The molecule has 0 aromatic heterocycles. The van der Waals surface area contributed by atoms with Crippen molar-refractivity contribution in [3.63, 3.8) is 0 Å². The lowest BCUT2D eigenvalue weighted by atomic mass is 9.86. The number of halogens is 1. The van der Waals surface area contributed by atoms with Crippen LogP contribution in [0.1, 0.15) is 44.4 Å². The molecule has 2 rings (SSSR count). The first-order valence-electron chi connectivity index (χ1n) is 8.22. The summed E-state index contributed by atoms with van der Waals surface area (Å²) in [6, 6.07) is 8.22. The SMILES string of the molecule is CC(C)(C)c1ccc(C(O)CNC(=O)CC2CSCCN2)cc1.Cl. The zero-order valence-electron chi connectivity index (χ0n) is 14.7. The van der Waals surface area contributed by atoms with Crippen molar-refractivity contribution in [2.24, 2.45) is 0 Å². The van der Waals surface area contributed by atoms with Crippen LogP contribution in [0.15, 0.2) is 24.3 Å². The first kappa shape index (κ1) is 21.3. The average Bonchev–Trinajstić information content (AvgIpc) is 2.53. The third kappa shape index (κ3) is 6.63. The van der Waals surface area contributed by atoms with Crippen molar-refractivity contribution in [2.75, 3.05) is 24.6 Å². The Morgan fingerprint density at radius 2 is 2.04 bits per heavy atom. The van der Waals surface area contributed by atoms with Crippen LogP contribution in [0.5, 0.6) is 0 Å². The van der Waals surface area contributed by atoms with Gasteiger partial charge < -0.3 is 15.7 Å². The zero-order chi connectivity index (χ0) is 16.9. The molecule has 1 heterocycles. The van der Waals surface area contributed by atoms with Crippen LogP contribution < -0.4 is 10.6 Å². The van der Waals surface area contributed by atoms with Gasteiger partial charge in [0.2, 0.25) is 5.91 Å². The molecule has 2 unspecified atom stereocenters. The Morgan fingerprint density at radius 3 is 2.58 bits per heavy atom. The summed E-state index contributed by atoms with van der Waals surface area (Å²) < 4.78 is 0. The number of benzene rings is 1. The molecule has 1 amide bonds. The van der Waals surface area contributed by atoms with E-state index >= 15 is 0 Å². The molecule has 1 aliphatic rings. The zero-order valence-corrected chi connectivity index (χ0v) is 16.3. The molecule has 2 atom stereocenters. The molecule has 24 heavy (non-hydrogen) atoms. The van der Waals surface area contributed by atoms with Crippen LogP contribution in [0.3, 0.4) is 0 Å². The minimum absolute atomic E-state index is 0. The van der Waals surface area contributed by atoms with Crippen molar-refractivity contribution in [1.82, 2.24) is 10.6 Å². The molecule has 6 heteroatoms. The van der Waals surface area contributed by atoms with Crippen LogP contribution in [0.2, 0.25) is 0 Å². The first-order chi connectivity index (χ1) is 10.9. The van der Waals surface area contributed by atoms with Crippen LogP contribution in [0.25, 0.3) is 0 Å². The summed E-state index contributed by atoms with van der Waals surface area (Å²) in [7, 11) is 0. The van der Waals surface area contributed by atoms with E-state index in [1.807, 2.05) is 36.0 Å². The van der Waals surface area contributed by atoms with E-state index in [-0.39, 0.29) is 36.3 Å². The van der Waals surface area contributed by atoms with Crippen LogP contribution >= 0.6 is 24.2 Å². The molecular formula is C18H29ClN2O2S. The van der Waals surface area contributed by atoms with Gasteiger partial charge >= 0.3 is 0 Å². The number of hydrogen-bond acceptors (Lipinski definition) is 4. The minimum atomic E-state index is -0.665. The second kappa shape index (κ2) is 9.66. The summed E-state index contributed by atoms with van der Waals surface area (Å²) in [5.41, 5.74) is 2.17. The lowest BCUT2D eigenvalue weighted by Gasteiger charge is -2.23. The number of aliphatic hydroxyl groups is 1. The van der Waals surface area contributed by atoms with E-state index in [1.54, 1.807) is 0 Å². The predicted octanol–water partition coefficient (Wildman–Crippen LogP) is 2.65. The monoisotopic (exact) mass is 372 g/mol. The molecule has 1 fully saturated rings. The number of carbonyl (C=O) groups is 1. The van der Waals surface area contributed by atoms with Crippen molar-refractivity contribution in [3.05, 3.63) is 35.4 Å². The second-order valence-corrected chi connectivity index (χ2v) is 8.27. The Labute approximate surface area is 155 Å². The van der Waals surface area contributed by atoms with Crippen molar-refractivity contribution < 1.29 is 9.90 Å². The number of nitrogens with one attached hydrogen (secondary N) is 2. The van der Waals surface area contributed by atoms with Gasteiger partial charge in [0, 0.05) is 37.1 Å². The quantitative estimate of drug-likeness (QED) is 0.743. The molecule has 1 aromatic carbocycles. The summed E-state index contributed by atoms with van der Waals surface area (Å²) in [4.78, 5) is 12.0. The number of aliphatic hydroxyl groups excluding tert-OH is 1. The van der Waals surface area contributed by atoms with E-state index in [1.165, 1.54) is 5.56 Å². The molecule has 0 bridgehead atoms. The molecule has 1 aromatic rings. The molecule has 136 valence electrons. The fraction of sp³-hybridized carbons (Fsp3) is 0.611. The van der Waals surface area contributed by atoms with Gasteiger partial charge in [0.1, 0.15) is 0 Å². The number of carbonyl (C=O) groups excluding carboxylic acids is 1. The summed E-state index contributed by atoms with van der Waals surface area (Å²) in [6.07, 6.45) is -0.190. The molecule has 0 radical (unpaired) electrons. The van der Waals surface area contributed by atoms with Gasteiger partial charge in [-0.05, 0) is 16.5 Å². The second-order valence-electron chi connectivity index (χ2n) is 7.12. The average molecular weight is 373 g/mol. The van der Waals surface area contributed by atoms with Crippen LogP contribution in [0.4, 0.5) is 0 Å². The van der Waals surface area contributed by atoms with Gasteiger partial charge in [0.05, 0.1) is 6.10 Å². The molecule has 1 saturated heterocycles. The standard InChI is InChI=1S/C18H28N2O2S.ClH/c1-18(2,3)14-6-4-13(5-7-14)16(21)11-20-17(22)10-15-12-23-9-8-19-15;/h4-7,15-16,19,21H,8-12H2,1-3H3,(H,20,22);1H. The first-order valence-corrected chi connectivity index (χ1v) is 9.38. The third-order valence-electron chi connectivity index (χ3n) is 4.08. The van der Waals surface area contributed by atoms with Crippen LogP contribution in [0, 0.1) is 0 Å². The maximum atomic E-state index is 12.0. The van der Waals surface area contributed by atoms with Crippen molar-refractivity contribution in [2.45, 2.75) is 44.8 Å². The fourth-order valence-corrected chi connectivity index (χ4v) is 3.53. The van der Waals surface area contributed by atoms with Gasteiger partial charge in [-0.25, -0.2) is 0 Å². The van der Waals surface area contributed by atoms with Gasteiger partial charge in [0.25, 0.3) is 0 Å². The Hall–Kier alpha value is -0.750. The topological polar surface area (TPSA) is 61.4 Å². The molecule has 0 saturated carbocycles. The summed E-state index contributed by atoms with van der Waals surface area (Å²) in [5, 5.41) is 16.4. The highest BCUT2D eigenvalue weighted by Gasteiger charge is 2.18. The highest BCUT2D eigenvalue weighted by atomic mass is 35.5. The summed E-state index contributed by atoms with van der Waals surface area (Å²) in [5.74, 6) is 2.08. The summed E-state index contributed by atoms with van der Waals surface area (Å²) in [6.45, 7) is 7.71. The number of thioether (sulfide) groups is 1. The van der Waals surface area contributed by atoms with Gasteiger partial charge in [-0.3, -0.25) is 4.79 Å². The van der Waals surface area contributed by atoms with Crippen LogP contribution in [-0.2, 0) is 10.2 Å². The van der Waals surface area contributed by atoms with Gasteiger partial charge in [-0.1, -0.05) is 45.0 Å². The highest BCUT2D eigenvalue weighted by Crippen LogP contribution is 2.23. The molecule has 0 aliphatic carbocycles. The smallest absolute Gasteiger partial charge is 0.221 e. The largest absolute Gasteiger partial charge is 0.387 e. The van der Waals surface area contributed by atoms with E-state index in [2.05, 4.69) is 31.4 Å². The van der Waals surface area contributed by atoms with Crippen molar-refractivity contribution in [1.29, 1.82) is 0 Å². The van der Waals surface area contributed by atoms with Crippen molar-refractivity contribution in [3.8, 4) is 0 Å². The fourth-order valence-electron chi connectivity index (χ4n) is 2.58. The Bertz CT molecular complexity index is 511. The highest BCUT2D eigenvalue weighted by molar-refractivity contribution is 7.99. The Morgan fingerprint density at radius 1 is 1.38 bits per heavy atom. The minimum Gasteiger partial charge on any atom is -0.387 e. The normalized spacial score (nSPS) is 19.2. The van der Waals surface area contributed by atoms with E-state index in [4.69, 9.17) is 0 Å². The lowest BCUT2D eigenvalue weighted by Crippen LogP contribution is -2.41. The van der Waals surface area contributed by atoms with Crippen LogP contribution in [-0.4, -0.2) is 41.7 Å². The van der Waals surface area contributed by atoms with E-state index in [0.29, 0.717) is 6.42 Å². The number of amides is 1. The van der Waals surface area contributed by atoms with Gasteiger partial charge in [-0.2, -0.15) is 11.8 Å². The number of hydrogen-bond donors (Lipinski definition) is 3. The molecule has 4 nitrogen and oxygen atoms in total. The lowest BCUT2D eigenvalue weighted by molar-refractivity contribution is -0.121. The van der Waals surface area contributed by atoms with Crippen molar-refractivity contribution >= 4 is 30.1 Å². The van der Waals surface area contributed by atoms with Gasteiger partial charge in [-0.15, -0.1) is 12.4 Å². The predicted molar refractivity (Wildman–Crippen MR) is 104 cm³/mol. The molecule has 3 N–H and O–H groups in total.